The number of carbonyl (C=O) groups excluding carboxylic acids is 1. The molecule has 1 saturated carbocycles. The average molecular weight is 329 g/mol. The number of aromatic nitrogens is 1. The van der Waals surface area contributed by atoms with E-state index >= 15 is 0 Å². The van der Waals surface area contributed by atoms with Crippen molar-refractivity contribution in [3.05, 3.63) is 30.0 Å². The number of nitrogens with zero attached hydrogens (tertiary/aromatic N) is 2. The van der Waals surface area contributed by atoms with E-state index in [0.29, 0.717) is 19.1 Å². The number of amides is 1. The number of anilines is 2. The van der Waals surface area contributed by atoms with Gasteiger partial charge in [-0.1, -0.05) is 25.5 Å². The Labute approximate surface area is 144 Å². The van der Waals surface area contributed by atoms with Crippen LogP contribution in [0.5, 0.6) is 0 Å². The van der Waals surface area contributed by atoms with Gasteiger partial charge in [0.15, 0.2) is 5.82 Å². The number of morpholine rings is 1. The van der Waals surface area contributed by atoms with Crippen molar-refractivity contribution >= 4 is 17.4 Å². The highest BCUT2D eigenvalue weighted by Crippen LogP contribution is 2.59. The molecule has 0 radical (unpaired) electrons. The van der Waals surface area contributed by atoms with Crippen LogP contribution < -0.4 is 10.2 Å². The molecule has 2 heterocycles. The minimum atomic E-state index is 0.0166. The molecule has 1 aromatic rings. The maximum absolute atomic E-state index is 12.8. The van der Waals surface area contributed by atoms with E-state index in [4.69, 9.17) is 4.74 Å². The van der Waals surface area contributed by atoms with Gasteiger partial charge in [-0.2, -0.15) is 0 Å². The molecule has 0 bridgehead atoms. The van der Waals surface area contributed by atoms with Crippen molar-refractivity contribution in [3.8, 4) is 0 Å². The quantitative estimate of drug-likeness (QED) is 0.863. The Kier molecular flexibility index (Phi) is 4.63. The van der Waals surface area contributed by atoms with Crippen molar-refractivity contribution < 1.29 is 9.53 Å². The molecule has 2 fully saturated rings. The molecule has 2 aliphatic rings. The molecular formula is C19H27N3O2. The van der Waals surface area contributed by atoms with E-state index in [2.05, 4.69) is 49.0 Å². The van der Waals surface area contributed by atoms with Crippen LogP contribution in [0.4, 0.5) is 11.5 Å². The van der Waals surface area contributed by atoms with Gasteiger partial charge in [0.1, 0.15) is 0 Å². The summed E-state index contributed by atoms with van der Waals surface area (Å²) < 4.78 is 5.41. The predicted molar refractivity (Wildman–Crippen MR) is 96.1 cm³/mol. The highest BCUT2D eigenvalue weighted by Gasteiger charge is 2.60. The Hall–Kier alpha value is -1.88. The largest absolute Gasteiger partial charge is 0.378 e. The van der Waals surface area contributed by atoms with E-state index in [9.17, 15) is 4.79 Å². The maximum Gasteiger partial charge on any atom is 0.228 e. The lowest BCUT2D eigenvalue weighted by Gasteiger charge is -2.29. The lowest BCUT2D eigenvalue weighted by atomic mass is 10.1. The molecule has 1 aliphatic carbocycles. The summed E-state index contributed by atoms with van der Waals surface area (Å²) in [6, 6.07) is 3.80. The average Bonchev–Trinajstić information content (AvgIpc) is 3.08. The van der Waals surface area contributed by atoms with Gasteiger partial charge in [-0.15, -0.1) is 0 Å². The normalized spacial score (nSPS) is 25.1. The first-order chi connectivity index (χ1) is 11.4. The Balaban J connectivity index is 1.75. The molecule has 1 amide bonds. The Morgan fingerprint density at radius 1 is 1.38 bits per heavy atom. The fourth-order valence-corrected chi connectivity index (χ4v) is 3.58. The lowest BCUT2D eigenvalue weighted by molar-refractivity contribution is -0.118. The number of carbonyl (C=O) groups is 1. The van der Waals surface area contributed by atoms with E-state index in [-0.39, 0.29) is 17.2 Å². The molecule has 1 aromatic heterocycles. The van der Waals surface area contributed by atoms with Gasteiger partial charge in [0, 0.05) is 19.3 Å². The van der Waals surface area contributed by atoms with Gasteiger partial charge in [0.05, 0.1) is 24.8 Å². The van der Waals surface area contributed by atoms with Crippen LogP contribution in [0.3, 0.4) is 0 Å². The Morgan fingerprint density at radius 2 is 2.08 bits per heavy atom. The second-order valence-corrected chi connectivity index (χ2v) is 7.53. The first kappa shape index (κ1) is 17.0. The summed E-state index contributed by atoms with van der Waals surface area (Å²) in [7, 11) is 0. The van der Waals surface area contributed by atoms with E-state index in [1.54, 1.807) is 6.20 Å². The summed E-state index contributed by atoms with van der Waals surface area (Å²) in [6.45, 7) is 11.5. The molecule has 130 valence electrons. The Morgan fingerprint density at radius 3 is 2.75 bits per heavy atom. The molecule has 3 rings (SSSR count). The van der Waals surface area contributed by atoms with Crippen LogP contribution in [0.15, 0.2) is 30.0 Å². The van der Waals surface area contributed by atoms with Gasteiger partial charge in [-0.25, -0.2) is 4.98 Å². The first-order valence-corrected chi connectivity index (χ1v) is 8.65. The maximum atomic E-state index is 12.8. The van der Waals surface area contributed by atoms with Crippen molar-refractivity contribution in [1.82, 2.24) is 4.98 Å². The number of ether oxygens (including phenoxy) is 1. The molecule has 0 spiro atoms. The molecule has 1 N–H and O–H groups in total. The number of hydrogen-bond acceptors (Lipinski definition) is 4. The van der Waals surface area contributed by atoms with Crippen molar-refractivity contribution in [2.24, 2.45) is 17.3 Å². The number of nitrogens with one attached hydrogen (secondary N) is 1. The molecule has 0 aromatic carbocycles. The second-order valence-electron chi connectivity index (χ2n) is 7.53. The van der Waals surface area contributed by atoms with Crippen molar-refractivity contribution in [1.29, 1.82) is 0 Å². The minimum absolute atomic E-state index is 0.0166. The summed E-state index contributed by atoms with van der Waals surface area (Å²) in [5.41, 5.74) is 2.07. The van der Waals surface area contributed by atoms with Crippen molar-refractivity contribution in [2.45, 2.75) is 27.7 Å². The molecule has 1 aliphatic heterocycles. The zero-order chi connectivity index (χ0) is 17.3. The molecule has 5 heteroatoms. The highest BCUT2D eigenvalue weighted by atomic mass is 16.5. The SMILES string of the molecule is CC(C)=C[C@H]1[C@@H](C(=O)Nc2cccnc2N2CCOCC2)C1(C)C. The Bertz CT molecular complexity index is 644. The molecular weight excluding hydrogens is 302 g/mol. The van der Waals surface area contributed by atoms with Gasteiger partial charge in [-0.05, 0) is 37.3 Å². The van der Waals surface area contributed by atoms with Crippen molar-refractivity contribution in [2.75, 3.05) is 36.5 Å². The van der Waals surface area contributed by atoms with E-state index in [1.807, 2.05) is 12.1 Å². The summed E-state index contributed by atoms with van der Waals surface area (Å²) in [5.74, 6) is 1.26. The van der Waals surface area contributed by atoms with Gasteiger partial charge < -0.3 is 15.0 Å². The number of rotatable bonds is 4. The standard InChI is InChI=1S/C19H27N3O2/c1-13(2)12-14-16(19(14,3)4)18(23)21-15-6-5-7-20-17(15)22-8-10-24-11-9-22/h5-7,12,14,16H,8-11H2,1-4H3,(H,21,23)/t14-,16-/m0/s1. The van der Waals surface area contributed by atoms with Crippen LogP contribution in [0.25, 0.3) is 0 Å². The third-order valence-electron chi connectivity index (χ3n) is 5.06. The van der Waals surface area contributed by atoms with Crippen LogP contribution in [0.2, 0.25) is 0 Å². The van der Waals surface area contributed by atoms with E-state index in [1.165, 1.54) is 5.57 Å². The fourth-order valence-electron chi connectivity index (χ4n) is 3.58. The third-order valence-corrected chi connectivity index (χ3v) is 5.06. The molecule has 0 unspecified atom stereocenters. The summed E-state index contributed by atoms with van der Waals surface area (Å²) >= 11 is 0. The molecule has 1 saturated heterocycles. The van der Waals surface area contributed by atoms with Crippen LogP contribution in [0, 0.1) is 17.3 Å². The van der Waals surface area contributed by atoms with Gasteiger partial charge >= 0.3 is 0 Å². The zero-order valence-corrected chi connectivity index (χ0v) is 15.0. The minimum Gasteiger partial charge on any atom is -0.378 e. The van der Waals surface area contributed by atoms with E-state index in [0.717, 1.165) is 24.6 Å². The monoisotopic (exact) mass is 329 g/mol. The topological polar surface area (TPSA) is 54.5 Å². The third kappa shape index (κ3) is 3.31. The predicted octanol–water partition coefficient (Wildman–Crippen LogP) is 3.10. The van der Waals surface area contributed by atoms with Crippen LogP contribution in [0.1, 0.15) is 27.7 Å². The van der Waals surface area contributed by atoms with Gasteiger partial charge in [-0.3, -0.25) is 4.79 Å². The van der Waals surface area contributed by atoms with Crippen LogP contribution in [-0.2, 0) is 9.53 Å². The zero-order valence-electron chi connectivity index (χ0n) is 15.0. The van der Waals surface area contributed by atoms with Crippen LogP contribution >= 0.6 is 0 Å². The van der Waals surface area contributed by atoms with Gasteiger partial charge in [0.25, 0.3) is 0 Å². The van der Waals surface area contributed by atoms with Gasteiger partial charge in [0.2, 0.25) is 5.91 Å². The molecule has 2 atom stereocenters. The van der Waals surface area contributed by atoms with E-state index < -0.39 is 0 Å². The number of allylic oxidation sites excluding steroid dienone is 2. The first-order valence-electron chi connectivity index (χ1n) is 8.65. The smallest absolute Gasteiger partial charge is 0.228 e. The van der Waals surface area contributed by atoms with Crippen molar-refractivity contribution in [3.63, 3.8) is 0 Å². The van der Waals surface area contributed by atoms with Crippen LogP contribution in [-0.4, -0.2) is 37.2 Å². The summed E-state index contributed by atoms with van der Waals surface area (Å²) in [5, 5.41) is 3.12. The second kappa shape index (κ2) is 6.55. The number of pyridine rings is 1. The lowest BCUT2D eigenvalue weighted by Crippen LogP contribution is -2.37. The molecule has 24 heavy (non-hydrogen) atoms. The summed E-state index contributed by atoms with van der Waals surface area (Å²) in [4.78, 5) is 19.5. The number of hydrogen-bond donors (Lipinski definition) is 1. The highest BCUT2D eigenvalue weighted by molar-refractivity contribution is 5.98. The summed E-state index contributed by atoms with van der Waals surface area (Å²) in [6.07, 6.45) is 3.99. The molecule has 5 nitrogen and oxygen atoms in total. The fraction of sp³-hybridized carbons (Fsp3) is 0.579.